The third-order valence-corrected chi connectivity index (χ3v) is 4.99. The average Bonchev–Trinajstić information content (AvgIpc) is 2.76. The summed E-state index contributed by atoms with van der Waals surface area (Å²) in [4.78, 5) is 131. The van der Waals surface area contributed by atoms with Crippen molar-refractivity contribution in [2.24, 2.45) is 21.7 Å². The Labute approximate surface area is 163 Å². The van der Waals surface area contributed by atoms with Crippen molar-refractivity contribution in [3.8, 4) is 0 Å². The van der Waals surface area contributed by atoms with E-state index >= 15 is 0 Å². The first kappa shape index (κ1) is 25.4. The summed E-state index contributed by atoms with van der Waals surface area (Å²) < 4.78 is 0. The zero-order chi connectivity index (χ0) is 22.9. The number of hydrogen-bond donors (Lipinski definition) is 0. The first-order valence-corrected chi connectivity index (χ1v) is 7.94. The minimum absolute atomic E-state index is 0.0228. The van der Waals surface area contributed by atoms with Crippen molar-refractivity contribution in [1.82, 2.24) is 0 Å². The molecule has 0 atom stereocenters. The van der Waals surface area contributed by atoms with Crippen molar-refractivity contribution >= 4 is 68.1 Å². The van der Waals surface area contributed by atoms with E-state index in [-0.39, 0.29) is 6.42 Å². The quantitative estimate of drug-likeness (QED) is 0.151. The highest BCUT2D eigenvalue weighted by Gasteiger charge is 2.76. The summed E-state index contributed by atoms with van der Waals surface area (Å²) in [5.41, 5.74) is -14.3. The Morgan fingerprint density at radius 2 is 0.931 bits per heavy atom. The lowest BCUT2D eigenvalue weighted by atomic mass is 9.44. The van der Waals surface area contributed by atoms with E-state index in [2.05, 4.69) is 0 Å². The number of carbonyl (C=O) groups is 11. The van der Waals surface area contributed by atoms with Crippen LogP contribution in [0.3, 0.4) is 0 Å². The van der Waals surface area contributed by atoms with E-state index in [9.17, 15) is 52.7 Å². The molecule has 0 saturated carbocycles. The van der Waals surface area contributed by atoms with Crippen molar-refractivity contribution in [1.29, 1.82) is 0 Å². The molecule has 11 nitrogen and oxygen atoms in total. The molecule has 154 valence electrons. The van der Waals surface area contributed by atoms with Crippen LogP contribution in [0.25, 0.3) is 0 Å². The minimum Gasteiger partial charge on any atom is -0.302 e. The Hall–Kier alpha value is -3.63. The molecule has 0 rings (SSSR count). The van der Waals surface area contributed by atoms with Crippen LogP contribution >= 0.6 is 0 Å². The highest BCUT2D eigenvalue weighted by molar-refractivity contribution is 6.40. The second-order valence-corrected chi connectivity index (χ2v) is 6.07. The SMILES string of the molecule is CCCC(=O)C(C=O)(C=O)C(C=O)(C=O)C(C=O)(C=O)C(C=O)(C=O)C(=O)C=O. The monoisotopic (exact) mass is 408 g/mol. The summed E-state index contributed by atoms with van der Waals surface area (Å²) in [6.45, 7) is 1.41. The van der Waals surface area contributed by atoms with Crippen molar-refractivity contribution < 1.29 is 52.7 Å². The van der Waals surface area contributed by atoms with Crippen molar-refractivity contribution in [2.75, 3.05) is 0 Å². The molecule has 0 N–H and O–H groups in total. The van der Waals surface area contributed by atoms with Crippen LogP contribution in [-0.2, 0) is 52.7 Å². The van der Waals surface area contributed by atoms with E-state index in [4.69, 9.17) is 0 Å². The zero-order valence-electron chi connectivity index (χ0n) is 15.1. The van der Waals surface area contributed by atoms with E-state index in [1.807, 2.05) is 0 Å². The summed E-state index contributed by atoms with van der Waals surface area (Å²) in [5, 5.41) is 0. The van der Waals surface area contributed by atoms with E-state index in [0.29, 0.717) is 0 Å². The third kappa shape index (κ3) is 2.94. The van der Waals surface area contributed by atoms with Gasteiger partial charge < -0.3 is 38.4 Å². The van der Waals surface area contributed by atoms with Gasteiger partial charge in [0.2, 0.25) is 5.78 Å². The third-order valence-electron chi connectivity index (χ3n) is 4.99. The van der Waals surface area contributed by atoms with Crippen LogP contribution in [-0.4, -0.2) is 68.1 Å². The standard InChI is InChI=1S/C18H16O11/c1-2-3-13(28)15(5-20,6-21)17(9-24,10-25)18(11-26,12-27)16(7-22,8-23)14(29)4-19/h4-12H,2-3H2,1H3. The van der Waals surface area contributed by atoms with Gasteiger partial charge in [-0.3, -0.25) is 14.4 Å². The van der Waals surface area contributed by atoms with Crippen LogP contribution in [0, 0.1) is 21.7 Å². The van der Waals surface area contributed by atoms with Crippen LogP contribution in [0.2, 0.25) is 0 Å². The smallest absolute Gasteiger partial charge is 0.217 e. The molecule has 0 aliphatic heterocycles. The Morgan fingerprint density at radius 3 is 1.17 bits per heavy atom. The number of Topliss-reactive ketones (excluding diaryl/α,β-unsaturated/α-hetero) is 2. The summed E-state index contributed by atoms with van der Waals surface area (Å²) in [6.07, 6.45) is -6.08. The van der Waals surface area contributed by atoms with Gasteiger partial charge in [-0.2, -0.15) is 0 Å². The molecule has 0 aromatic carbocycles. The second kappa shape index (κ2) is 9.53. The maximum absolute atomic E-state index is 12.6. The number of carbonyl (C=O) groups excluding carboxylic acids is 11. The van der Waals surface area contributed by atoms with Gasteiger partial charge >= 0.3 is 0 Å². The summed E-state index contributed by atoms with van der Waals surface area (Å²) in [5.74, 6) is -3.43. The van der Waals surface area contributed by atoms with Crippen LogP contribution in [0.4, 0.5) is 0 Å². The fraction of sp³-hybridized carbons (Fsp3) is 0.389. The Balaban J connectivity index is 7.93. The molecule has 29 heavy (non-hydrogen) atoms. The molecule has 0 spiro atoms. The number of rotatable bonds is 16. The van der Waals surface area contributed by atoms with E-state index in [1.165, 1.54) is 6.92 Å². The second-order valence-electron chi connectivity index (χ2n) is 6.07. The Kier molecular flexibility index (Phi) is 8.34. The number of ketones is 2. The largest absolute Gasteiger partial charge is 0.302 e. The Morgan fingerprint density at radius 1 is 0.586 bits per heavy atom. The van der Waals surface area contributed by atoms with Gasteiger partial charge in [0.15, 0.2) is 22.9 Å². The molecule has 0 aliphatic rings. The molecule has 0 heterocycles. The van der Waals surface area contributed by atoms with E-state index < -0.39 is 96.2 Å². The normalized spacial score (nSPS) is 12.0. The van der Waals surface area contributed by atoms with Crippen molar-refractivity contribution in [2.45, 2.75) is 19.8 Å². The summed E-state index contributed by atoms with van der Waals surface area (Å²) in [6, 6.07) is 0. The predicted octanol–water partition coefficient (Wildman–Crippen LogP) is -2.34. The molecule has 0 aromatic heterocycles. The van der Waals surface area contributed by atoms with Crippen molar-refractivity contribution in [3.05, 3.63) is 0 Å². The van der Waals surface area contributed by atoms with Crippen LogP contribution in [0.5, 0.6) is 0 Å². The van der Waals surface area contributed by atoms with Gasteiger partial charge in [0, 0.05) is 6.42 Å². The highest BCUT2D eigenvalue weighted by Crippen LogP contribution is 2.54. The lowest BCUT2D eigenvalue weighted by Gasteiger charge is -2.48. The summed E-state index contributed by atoms with van der Waals surface area (Å²) >= 11 is 0. The summed E-state index contributed by atoms with van der Waals surface area (Å²) in [7, 11) is 0. The zero-order valence-corrected chi connectivity index (χ0v) is 15.1. The molecule has 0 saturated heterocycles. The van der Waals surface area contributed by atoms with Gasteiger partial charge in [-0.25, -0.2) is 0 Å². The fourth-order valence-corrected chi connectivity index (χ4v) is 3.18. The molecule has 0 unspecified atom stereocenters. The topological polar surface area (TPSA) is 188 Å². The van der Waals surface area contributed by atoms with Crippen LogP contribution < -0.4 is 0 Å². The van der Waals surface area contributed by atoms with Gasteiger partial charge in [-0.05, 0) is 6.42 Å². The lowest BCUT2D eigenvalue weighted by molar-refractivity contribution is -0.180. The lowest BCUT2D eigenvalue weighted by Crippen LogP contribution is -2.70. The molecule has 0 fully saturated rings. The molecule has 0 amide bonds. The molecule has 0 aliphatic carbocycles. The van der Waals surface area contributed by atoms with E-state index in [0.717, 1.165) is 0 Å². The van der Waals surface area contributed by atoms with Gasteiger partial charge in [0.25, 0.3) is 0 Å². The minimum atomic E-state index is -3.70. The van der Waals surface area contributed by atoms with Gasteiger partial charge in [0.05, 0.1) is 0 Å². The van der Waals surface area contributed by atoms with Crippen molar-refractivity contribution in [3.63, 3.8) is 0 Å². The number of hydrogen-bond acceptors (Lipinski definition) is 11. The predicted molar refractivity (Wildman–Crippen MR) is 89.2 cm³/mol. The number of aldehydes is 9. The van der Waals surface area contributed by atoms with Gasteiger partial charge in [0.1, 0.15) is 61.1 Å². The Bertz CT molecular complexity index is 745. The van der Waals surface area contributed by atoms with Gasteiger partial charge in [-0.15, -0.1) is 0 Å². The molecule has 0 aromatic rings. The van der Waals surface area contributed by atoms with Crippen LogP contribution in [0.1, 0.15) is 19.8 Å². The first-order valence-electron chi connectivity index (χ1n) is 7.94. The molecular formula is C18H16O11. The highest BCUT2D eigenvalue weighted by atomic mass is 16.2. The van der Waals surface area contributed by atoms with Crippen LogP contribution in [0.15, 0.2) is 0 Å². The maximum atomic E-state index is 12.6. The maximum Gasteiger partial charge on any atom is 0.217 e. The molecule has 11 heteroatoms. The van der Waals surface area contributed by atoms with Gasteiger partial charge in [-0.1, -0.05) is 6.92 Å². The molecular weight excluding hydrogens is 392 g/mol. The fourth-order valence-electron chi connectivity index (χ4n) is 3.18. The average molecular weight is 408 g/mol. The first-order chi connectivity index (χ1) is 13.7. The van der Waals surface area contributed by atoms with E-state index in [1.54, 1.807) is 0 Å². The molecule has 0 bridgehead atoms. The molecule has 0 radical (unpaired) electrons.